The number of carbonyl (C=O) groups is 2. The average Bonchev–Trinajstić information content (AvgIpc) is 2.71. The predicted molar refractivity (Wildman–Crippen MR) is 80.3 cm³/mol. The second-order valence-electron chi connectivity index (χ2n) is 4.90. The van der Waals surface area contributed by atoms with Gasteiger partial charge in [0.25, 0.3) is 5.91 Å². The minimum Gasteiger partial charge on any atom is -0.354 e. The van der Waals surface area contributed by atoms with Crippen LogP contribution in [0.4, 0.5) is 0 Å². The molecule has 6 heteroatoms. The summed E-state index contributed by atoms with van der Waals surface area (Å²) in [6.45, 7) is 1.35. The van der Waals surface area contributed by atoms with Gasteiger partial charge in [-0.15, -0.1) is 0 Å². The summed E-state index contributed by atoms with van der Waals surface area (Å²) in [6.07, 6.45) is 0.313. The van der Waals surface area contributed by atoms with Crippen molar-refractivity contribution in [2.45, 2.75) is 6.42 Å². The van der Waals surface area contributed by atoms with E-state index in [0.717, 1.165) is 5.39 Å². The molecule has 2 amide bonds. The van der Waals surface area contributed by atoms with Gasteiger partial charge < -0.3 is 10.2 Å². The molecule has 2 aromatic rings. The molecule has 1 aliphatic rings. The van der Waals surface area contributed by atoms with Crippen LogP contribution in [0.3, 0.4) is 0 Å². The van der Waals surface area contributed by atoms with Crippen LogP contribution in [-0.4, -0.2) is 41.3 Å². The Balaban J connectivity index is 1.92. The van der Waals surface area contributed by atoms with E-state index in [1.165, 1.54) is 0 Å². The van der Waals surface area contributed by atoms with Gasteiger partial charge in [-0.05, 0) is 12.1 Å². The summed E-state index contributed by atoms with van der Waals surface area (Å²) in [7, 11) is 0. The number of nitrogens with zero attached hydrogens (tertiary/aromatic N) is 2. The van der Waals surface area contributed by atoms with Gasteiger partial charge in [-0.1, -0.05) is 29.8 Å². The Kier molecular flexibility index (Phi) is 3.75. The van der Waals surface area contributed by atoms with Gasteiger partial charge in [0.2, 0.25) is 5.91 Å². The molecule has 1 aliphatic heterocycles. The molecular formula is C15H14ClN3O2. The topological polar surface area (TPSA) is 62.3 Å². The van der Waals surface area contributed by atoms with Gasteiger partial charge >= 0.3 is 0 Å². The molecule has 1 aromatic heterocycles. The number of nitrogens with one attached hydrogen (secondary N) is 1. The van der Waals surface area contributed by atoms with Gasteiger partial charge in [0, 0.05) is 31.4 Å². The molecule has 0 radical (unpaired) electrons. The molecule has 5 nitrogen and oxygen atoms in total. The van der Waals surface area contributed by atoms with E-state index >= 15 is 0 Å². The molecule has 0 atom stereocenters. The van der Waals surface area contributed by atoms with Gasteiger partial charge in [-0.2, -0.15) is 0 Å². The fourth-order valence-electron chi connectivity index (χ4n) is 2.37. The first kappa shape index (κ1) is 13.8. The summed E-state index contributed by atoms with van der Waals surface area (Å²) in [5.41, 5.74) is 1.01. The van der Waals surface area contributed by atoms with Crippen LogP contribution < -0.4 is 5.32 Å². The molecule has 0 spiro atoms. The minimum absolute atomic E-state index is 0.0326. The number of hydrogen-bond donors (Lipinski definition) is 1. The number of aromatic nitrogens is 1. The van der Waals surface area contributed by atoms with Crippen molar-refractivity contribution in [2.24, 2.45) is 0 Å². The molecule has 108 valence electrons. The molecular weight excluding hydrogens is 290 g/mol. The molecule has 0 unspecified atom stereocenters. The van der Waals surface area contributed by atoms with E-state index in [4.69, 9.17) is 11.6 Å². The molecule has 0 bridgehead atoms. The zero-order chi connectivity index (χ0) is 14.8. The number of amides is 2. The van der Waals surface area contributed by atoms with E-state index in [2.05, 4.69) is 10.3 Å². The Morgan fingerprint density at radius 1 is 1.29 bits per heavy atom. The monoisotopic (exact) mass is 303 g/mol. The number of fused-ring (bicyclic) bond motifs is 1. The lowest BCUT2D eigenvalue weighted by atomic mass is 10.2. The normalized spacial score (nSPS) is 15.7. The Bertz CT molecular complexity index is 717. The van der Waals surface area contributed by atoms with Crippen molar-refractivity contribution in [2.75, 3.05) is 19.6 Å². The van der Waals surface area contributed by atoms with E-state index in [-0.39, 0.29) is 11.8 Å². The molecule has 0 aliphatic carbocycles. The summed E-state index contributed by atoms with van der Waals surface area (Å²) in [5.74, 6) is -0.228. The Hall–Kier alpha value is -2.14. The van der Waals surface area contributed by atoms with Crippen LogP contribution in [0, 0.1) is 0 Å². The fourth-order valence-corrected chi connectivity index (χ4v) is 2.64. The second-order valence-corrected chi connectivity index (χ2v) is 5.31. The summed E-state index contributed by atoms with van der Waals surface area (Å²) in [5, 5.41) is 4.07. The molecule has 3 rings (SSSR count). The highest BCUT2D eigenvalue weighted by Gasteiger charge is 2.21. The van der Waals surface area contributed by atoms with E-state index in [0.29, 0.717) is 42.3 Å². The standard InChI is InChI=1S/C15H14ClN3O2/c16-11-9-13(18-12-4-2-1-3-10(11)12)15(21)19-7-5-14(20)17-6-8-19/h1-4,9H,5-8H2,(H,17,20). The van der Waals surface area contributed by atoms with Crippen molar-refractivity contribution in [3.05, 3.63) is 41.0 Å². The van der Waals surface area contributed by atoms with E-state index in [1.54, 1.807) is 11.0 Å². The summed E-state index contributed by atoms with van der Waals surface area (Å²) in [6, 6.07) is 9.02. The van der Waals surface area contributed by atoms with Gasteiger partial charge in [0.05, 0.1) is 10.5 Å². The van der Waals surface area contributed by atoms with Crippen LogP contribution >= 0.6 is 11.6 Å². The first-order valence-corrected chi connectivity index (χ1v) is 7.14. The van der Waals surface area contributed by atoms with Crippen LogP contribution in [0.1, 0.15) is 16.9 Å². The van der Waals surface area contributed by atoms with Crippen molar-refractivity contribution in [1.29, 1.82) is 0 Å². The number of benzene rings is 1. The molecule has 1 fully saturated rings. The SMILES string of the molecule is O=C1CCN(C(=O)c2cc(Cl)c3ccccc3n2)CCN1. The number of rotatable bonds is 1. The third-order valence-electron chi connectivity index (χ3n) is 3.48. The summed E-state index contributed by atoms with van der Waals surface area (Å²) in [4.78, 5) is 29.9. The summed E-state index contributed by atoms with van der Waals surface area (Å²) < 4.78 is 0. The van der Waals surface area contributed by atoms with Crippen LogP contribution in [0.15, 0.2) is 30.3 Å². The second kappa shape index (κ2) is 5.69. The highest BCUT2D eigenvalue weighted by molar-refractivity contribution is 6.35. The first-order chi connectivity index (χ1) is 10.1. The van der Waals surface area contributed by atoms with Crippen molar-refractivity contribution < 1.29 is 9.59 Å². The maximum Gasteiger partial charge on any atom is 0.272 e. The van der Waals surface area contributed by atoms with Crippen molar-refractivity contribution >= 4 is 34.3 Å². The van der Waals surface area contributed by atoms with Crippen LogP contribution in [0.25, 0.3) is 10.9 Å². The molecule has 2 heterocycles. The zero-order valence-corrected chi connectivity index (χ0v) is 12.1. The van der Waals surface area contributed by atoms with Crippen molar-refractivity contribution in [3.63, 3.8) is 0 Å². The van der Waals surface area contributed by atoms with Gasteiger partial charge in [-0.25, -0.2) is 4.98 Å². The van der Waals surface area contributed by atoms with Gasteiger partial charge in [0.1, 0.15) is 5.69 Å². The molecule has 21 heavy (non-hydrogen) atoms. The van der Waals surface area contributed by atoms with E-state index in [9.17, 15) is 9.59 Å². The number of halogens is 1. The van der Waals surface area contributed by atoms with Crippen molar-refractivity contribution in [3.8, 4) is 0 Å². The molecule has 1 N–H and O–H groups in total. The molecule has 0 saturated carbocycles. The lowest BCUT2D eigenvalue weighted by Gasteiger charge is -2.19. The van der Waals surface area contributed by atoms with Crippen molar-refractivity contribution in [1.82, 2.24) is 15.2 Å². The van der Waals surface area contributed by atoms with E-state index in [1.807, 2.05) is 24.3 Å². The maximum absolute atomic E-state index is 12.5. The largest absolute Gasteiger partial charge is 0.354 e. The molecule has 1 aromatic carbocycles. The Morgan fingerprint density at radius 3 is 2.95 bits per heavy atom. The van der Waals surface area contributed by atoms with Gasteiger partial charge in [0.15, 0.2) is 0 Å². The van der Waals surface area contributed by atoms with Crippen LogP contribution in [0.2, 0.25) is 5.02 Å². The van der Waals surface area contributed by atoms with E-state index < -0.39 is 0 Å². The fraction of sp³-hybridized carbons (Fsp3) is 0.267. The lowest BCUT2D eigenvalue weighted by Crippen LogP contribution is -2.34. The zero-order valence-electron chi connectivity index (χ0n) is 11.3. The lowest BCUT2D eigenvalue weighted by molar-refractivity contribution is -0.120. The van der Waals surface area contributed by atoms with Crippen LogP contribution in [0.5, 0.6) is 0 Å². The Labute approximate surface area is 126 Å². The third kappa shape index (κ3) is 2.83. The minimum atomic E-state index is -0.195. The number of pyridine rings is 1. The number of carbonyl (C=O) groups excluding carboxylic acids is 2. The van der Waals surface area contributed by atoms with Gasteiger partial charge in [-0.3, -0.25) is 9.59 Å². The third-order valence-corrected chi connectivity index (χ3v) is 3.80. The number of hydrogen-bond acceptors (Lipinski definition) is 3. The smallest absolute Gasteiger partial charge is 0.272 e. The quantitative estimate of drug-likeness (QED) is 0.874. The summed E-state index contributed by atoms with van der Waals surface area (Å²) >= 11 is 6.22. The highest BCUT2D eigenvalue weighted by atomic mass is 35.5. The van der Waals surface area contributed by atoms with Crippen LogP contribution in [-0.2, 0) is 4.79 Å². The Morgan fingerprint density at radius 2 is 2.10 bits per heavy atom. The maximum atomic E-state index is 12.5. The average molecular weight is 304 g/mol. The molecule has 1 saturated heterocycles. The number of para-hydroxylation sites is 1. The highest BCUT2D eigenvalue weighted by Crippen LogP contribution is 2.23. The first-order valence-electron chi connectivity index (χ1n) is 6.76. The predicted octanol–water partition coefficient (Wildman–Crippen LogP) is 1.85.